The van der Waals surface area contributed by atoms with Gasteiger partial charge in [0.25, 0.3) is 60.7 Å². The minimum absolute atomic E-state index is 0.0770. The highest BCUT2D eigenvalue weighted by molar-refractivity contribution is 7.87. The largest absolute Gasteiger partial charge is 0.392 e. The highest BCUT2D eigenvalue weighted by atomic mass is 32.2. The third-order valence-electron chi connectivity index (χ3n) is 15.5. The first-order chi connectivity index (χ1) is 53.6. The van der Waals surface area contributed by atoms with E-state index in [1.54, 1.807) is 0 Å². The van der Waals surface area contributed by atoms with Gasteiger partial charge in [0, 0.05) is 73.4 Å². The highest BCUT2D eigenvalue weighted by Gasteiger charge is 2.27. The van der Waals surface area contributed by atoms with Gasteiger partial charge in [-0.1, -0.05) is 48.6 Å². The summed E-state index contributed by atoms with van der Waals surface area (Å²) in [7, 11) is -29.8. The van der Waals surface area contributed by atoms with Crippen LogP contribution in [-0.4, -0.2) is 229 Å². The summed E-state index contributed by atoms with van der Waals surface area (Å²) in [6, 6.07) is 23.1. The summed E-state index contributed by atoms with van der Waals surface area (Å²) >= 11 is 0. The van der Waals surface area contributed by atoms with Crippen LogP contribution in [-0.2, 0) is 60.7 Å². The topological polar surface area (TPSA) is 646 Å². The molecule has 0 saturated carbocycles. The van der Waals surface area contributed by atoms with E-state index in [2.05, 4.69) is 76.8 Å². The van der Waals surface area contributed by atoms with Gasteiger partial charge in [-0.15, -0.1) is 0 Å². The lowest BCUT2D eigenvalue weighted by Crippen LogP contribution is -2.37. The predicted octanol–water partition coefficient (Wildman–Crippen LogP) is 5.23. The molecule has 616 valence electrons. The second-order valence-electron chi connectivity index (χ2n) is 26.0. The summed E-state index contributed by atoms with van der Waals surface area (Å²) < 4.78 is 213. The molecule has 3 heterocycles. The number of rotatable bonds is 37. The first kappa shape index (κ1) is 88.2. The van der Waals surface area contributed by atoms with Crippen LogP contribution in [0.4, 0.5) is 87.7 Å². The molecule has 48 heteroatoms. The van der Waals surface area contributed by atoms with E-state index >= 15 is 0 Å². The Morgan fingerprint density at radius 2 is 0.443 bits per heavy atom. The van der Waals surface area contributed by atoms with Crippen LogP contribution in [0.3, 0.4) is 0 Å². The van der Waals surface area contributed by atoms with E-state index in [4.69, 9.17) is 0 Å². The molecule has 18 N–H and O–H groups in total. The average Bonchev–Trinajstić information content (AvgIpc) is 0.802. The summed E-state index contributed by atoms with van der Waals surface area (Å²) in [5, 5.41) is 79.3. The molecule has 3 aromatic heterocycles. The maximum absolute atomic E-state index is 13.2. The summed E-state index contributed by atoms with van der Waals surface area (Å²) in [6.45, 7) is 7.79. The van der Waals surface area contributed by atoms with Crippen molar-refractivity contribution in [1.29, 1.82) is 0 Å². The van der Waals surface area contributed by atoms with Crippen LogP contribution < -0.4 is 46.6 Å². The summed E-state index contributed by atoms with van der Waals surface area (Å²) in [5.74, 6) is -2.28. The Morgan fingerprint density at radius 3 is 0.609 bits per heavy atom. The lowest BCUT2D eigenvalue weighted by Gasteiger charge is -2.26. The zero-order valence-corrected chi connectivity index (χ0v) is 66.0. The molecule has 0 aliphatic rings. The standard InChI is InChI=1S/C67H78N18O24S6/c1-37(86)31-83(32-38(2)87)65-77-59(68-47-19-23-53(24-20-47)110(92,93)94)74-61(79-65)70-49-15-11-43(55(27-49)112(98,99)100)7-9-45-13-17-51(29-57(45)114(104,105)106)72-63-76-64(82-67(81-63)85(35-41(5)90)36-42(6)91)73-52-18-14-46(58(30-52)115(107,108)109)10-8-44-12-16-50(28-56(44)113(101,102)103)71-62-75-60(69-48-21-25-54(26-22-48)111(95,96)97)78-66(80-62)84(33-39(3)88)34-40(4)89/h7-30,37-42,86-91H,31-36H2,1-6H3,(H,92,93,94)(H,95,96,97)(H,98,99,100)(H,101,102,103)(H,104,105,106)(H,107,108,109)(H2,68,70,74,77,79)(H2,69,71,75,78,80)(H2,72,73,76,81,82)/b9-7+,10-8+. The maximum atomic E-state index is 13.2. The van der Waals surface area contributed by atoms with Gasteiger partial charge >= 0.3 is 0 Å². The molecule has 115 heavy (non-hydrogen) atoms. The molecule has 0 aliphatic heterocycles. The normalized spacial score (nSPS) is 14.0. The Hall–Kier alpha value is -10.7. The second kappa shape index (κ2) is 36.4. The Labute approximate surface area is 659 Å². The number of aromatic nitrogens is 9. The molecule has 6 atom stereocenters. The molecule has 0 fully saturated rings. The van der Waals surface area contributed by atoms with Crippen LogP contribution >= 0.6 is 0 Å². The number of hydrogen-bond donors (Lipinski definition) is 18. The monoisotopic (exact) mass is 1710 g/mol. The van der Waals surface area contributed by atoms with E-state index < -0.39 is 139 Å². The van der Waals surface area contributed by atoms with Crippen molar-refractivity contribution in [3.05, 3.63) is 144 Å². The van der Waals surface area contributed by atoms with Crippen LogP contribution in [0.1, 0.15) is 63.8 Å². The van der Waals surface area contributed by atoms with E-state index in [-0.39, 0.29) is 137 Å². The molecular formula is C67H78N18O24S6. The molecule has 0 radical (unpaired) electrons. The number of aliphatic hydroxyl groups excluding tert-OH is 6. The molecule has 0 amide bonds. The van der Waals surface area contributed by atoms with E-state index in [1.807, 2.05) is 0 Å². The third-order valence-corrected chi connectivity index (χ3v) is 20.9. The number of hydrogen-bond acceptors (Lipinski definition) is 36. The Kier molecular flexibility index (Phi) is 27.9. The van der Waals surface area contributed by atoms with Crippen LogP contribution in [0.25, 0.3) is 24.3 Å². The van der Waals surface area contributed by atoms with E-state index in [9.17, 15) is 108 Å². The number of aliphatic hydroxyl groups is 6. The lowest BCUT2D eigenvalue weighted by atomic mass is 10.1. The number of anilines is 15. The average molecular weight is 1710 g/mol. The van der Waals surface area contributed by atoms with E-state index in [0.717, 1.165) is 72.8 Å². The van der Waals surface area contributed by atoms with Crippen LogP contribution in [0.15, 0.2) is 151 Å². The van der Waals surface area contributed by atoms with Crippen LogP contribution in [0.2, 0.25) is 0 Å². The minimum atomic E-state index is -5.21. The molecule has 0 saturated heterocycles. The molecule has 0 bridgehead atoms. The maximum Gasteiger partial charge on any atom is 0.295 e. The molecule has 0 aliphatic carbocycles. The molecule has 6 aromatic carbocycles. The van der Waals surface area contributed by atoms with Gasteiger partial charge in [-0.25, -0.2) is 0 Å². The summed E-state index contributed by atoms with van der Waals surface area (Å²) in [5.41, 5.74) is -1.06. The van der Waals surface area contributed by atoms with Gasteiger partial charge in [-0.05, 0) is 161 Å². The quantitative estimate of drug-likeness (QED) is 0.0175. The van der Waals surface area contributed by atoms with E-state index in [0.29, 0.717) is 0 Å². The summed E-state index contributed by atoms with van der Waals surface area (Å²) in [4.78, 5) is 39.6. The second-order valence-corrected chi connectivity index (χ2v) is 34.4. The first-order valence-corrected chi connectivity index (χ1v) is 42.4. The fourth-order valence-corrected chi connectivity index (χ4v) is 14.7. The number of benzene rings is 6. The van der Waals surface area contributed by atoms with Gasteiger partial charge in [0.15, 0.2) is 0 Å². The van der Waals surface area contributed by atoms with Crippen molar-refractivity contribution in [2.24, 2.45) is 0 Å². The van der Waals surface area contributed by atoms with Crippen molar-refractivity contribution >= 4 is 173 Å². The zero-order valence-electron chi connectivity index (χ0n) is 61.1. The smallest absolute Gasteiger partial charge is 0.295 e. The lowest BCUT2D eigenvalue weighted by molar-refractivity contribution is 0.176. The van der Waals surface area contributed by atoms with Crippen molar-refractivity contribution in [2.45, 2.75) is 108 Å². The number of nitrogens with one attached hydrogen (secondary N) is 6. The van der Waals surface area contributed by atoms with Crippen LogP contribution in [0, 0.1) is 0 Å². The molecule has 9 rings (SSSR count). The molecule has 42 nitrogen and oxygen atoms in total. The Balaban J connectivity index is 1.01. The van der Waals surface area contributed by atoms with Crippen molar-refractivity contribution in [3.63, 3.8) is 0 Å². The minimum Gasteiger partial charge on any atom is -0.392 e. The van der Waals surface area contributed by atoms with Gasteiger partial charge in [-0.3, -0.25) is 27.3 Å². The van der Waals surface area contributed by atoms with Gasteiger partial charge in [0.2, 0.25) is 53.5 Å². The van der Waals surface area contributed by atoms with Gasteiger partial charge in [0.05, 0.1) is 46.4 Å². The van der Waals surface area contributed by atoms with Crippen LogP contribution in [0.5, 0.6) is 0 Å². The zero-order chi connectivity index (χ0) is 84.4. The molecule has 0 spiro atoms. The fraction of sp³-hybridized carbons (Fsp3) is 0.269. The Morgan fingerprint density at radius 1 is 0.270 bits per heavy atom. The third kappa shape index (κ3) is 25.6. The van der Waals surface area contributed by atoms with Crippen molar-refractivity contribution in [1.82, 2.24) is 44.9 Å². The van der Waals surface area contributed by atoms with Gasteiger partial charge < -0.3 is 77.2 Å². The SMILES string of the molecule is CC(O)CN(CC(C)O)c1nc(Nc2ccc(S(=O)(=O)O)cc2)nc(Nc2ccc(/C=C/c3ccc(Nc4nc(Nc5ccc(/C=C/c6ccc(Nc7nc(Nc8ccc(S(=O)(=O)O)cc8)nc(N(CC(C)O)CC(C)O)n7)cc6S(=O)(=O)O)c(S(=O)(=O)O)c5)nc(N(CC(C)O)CC(C)O)n4)cc3S(=O)(=O)O)c(S(=O)(=O)O)c2)n1. The molecular weight excluding hydrogens is 1630 g/mol. The fourth-order valence-electron chi connectivity index (χ4n) is 10.9. The van der Waals surface area contributed by atoms with Gasteiger partial charge in [0.1, 0.15) is 19.6 Å². The Bertz CT molecular complexity index is 5470. The first-order valence-electron chi connectivity index (χ1n) is 33.8. The van der Waals surface area contributed by atoms with Gasteiger partial charge in [-0.2, -0.15) is 95.4 Å². The summed E-state index contributed by atoms with van der Waals surface area (Å²) in [6.07, 6.45) is -1.79. The molecule has 9 aromatic rings. The molecule has 6 unspecified atom stereocenters. The number of nitrogens with zero attached hydrogens (tertiary/aromatic N) is 12. The van der Waals surface area contributed by atoms with Crippen molar-refractivity contribution < 1.29 is 108 Å². The van der Waals surface area contributed by atoms with E-state index in [1.165, 1.54) is 129 Å². The predicted molar refractivity (Wildman–Crippen MR) is 421 cm³/mol. The van der Waals surface area contributed by atoms with Crippen molar-refractivity contribution in [2.75, 3.05) is 85.9 Å². The highest BCUT2D eigenvalue weighted by Crippen LogP contribution is 2.34. The van der Waals surface area contributed by atoms with Crippen molar-refractivity contribution in [3.8, 4) is 0 Å².